The molecule has 0 spiro atoms. The number of urea groups is 1. The Balaban J connectivity index is 1.51. The molecule has 5 heteroatoms. The van der Waals surface area contributed by atoms with E-state index in [1.54, 1.807) is 12.0 Å². The number of rotatable bonds is 5. The van der Waals surface area contributed by atoms with Gasteiger partial charge >= 0.3 is 6.03 Å². The van der Waals surface area contributed by atoms with E-state index >= 15 is 0 Å². The average molecular weight is 330 g/mol. The molecule has 23 heavy (non-hydrogen) atoms. The molecule has 0 radical (unpaired) electrons. The van der Waals surface area contributed by atoms with E-state index < -0.39 is 0 Å². The standard InChI is InChI=1S/C18H22N2O2S/c1-22-16-8-4-3-7-15(16)20-18(21)19-11-10-13-12-23-17-9-5-2-6-14(13)17/h3-4,7-8,12H,2,5-6,9-11H2,1H3,(H2,19,20,21). The van der Waals surface area contributed by atoms with Crippen LogP contribution in [0.3, 0.4) is 0 Å². The summed E-state index contributed by atoms with van der Waals surface area (Å²) in [6, 6.07) is 7.21. The molecule has 4 nitrogen and oxygen atoms in total. The van der Waals surface area contributed by atoms with Crippen molar-refractivity contribution in [3.05, 3.63) is 45.6 Å². The quantitative estimate of drug-likeness (QED) is 0.870. The first kappa shape index (κ1) is 15.9. The highest BCUT2D eigenvalue weighted by atomic mass is 32.1. The fourth-order valence-electron chi connectivity index (χ4n) is 3.00. The Kier molecular flexibility index (Phi) is 5.18. The number of aryl methyl sites for hydroxylation is 1. The topological polar surface area (TPSA) is 50.4 Å². The molecule has 1 aromatic carbocycles. The number of amides is 2. The van der Waals surface area contributed by atoms with Gasteiger partial charge in [-0.15, -0.1) is 11.3 Å². The van der Waals surface area contributed by atoms with Crippen molar-refractivity contribution in [1.29, 1.82) is 0 Å². The van der Waals surface area contributed by atoms with Crippen molar-refractivity contribution in [2.24, 2.45) is 0 Å². The maximum atomic E-state index is 12.0. The predicted molar refractivity (Wildman–Crippen MR) is 94.7 cm³/mol. The summed E-state index contributed by atoms with van der Waals surface area (Å²) < 4.78 is 5.23. The van der Waals surface area contributed by atoms with E-state index in [-0.39, 0.29) is 6.03 Å². The number of thiophene rings is 1. The number of fused-ring (bicyclic) bond motifs is 1. The summed E-state index contributed by atoms with van der Waals surface area (Å²) in [5.41, 5.74) is 3.62. The molecule has 2 aromatic rings. The first-order valence-corrected chi connectivity index (χ1v) is 8.92. The van der Waals surface area contributed by atoms with Crippen molar-refractivity contribution in [2.45, 2.75) is 32.1 Å². The van der Waals surface area contributed by atoms with Crippen LogP contribution in [0.15, 0.2) is 29.6 Å². The second-order valence-electron chi connectivity index (χ2n) is 5.70. The van der Waals surface area contributed by atoms with Crippen LogP contribution in [0, 0.1) is 0 Å². The minimum atomic E-state index is -0.196. The zero-order valence-electron chi connectivity index (χ0n) is 13.4. The maximum Gasteiger partial charge on any atom is 0.319 e. The monoisotopic (exact) mass is 330 g/mol. The van der Waals surface area contributed by atoms with Gasteiger partial charge in [-0.05, 0) is 60.7 Å². The van der Waals surface area contributed by atoms with Crippen LogP contribution in [0.4, 0.5) is 10.5 Å². The van der Waals surface area contributed by atoms with Gasteiger partial charge < -0.3 is 15.4 Å². The molecular weight excluding hydrogens is 308 g/mol. The maximum absolute atomic E-state index is 12.0. The molecule has 0 saturated carbocycles. The molecule has 2 N–H and O–H groups in total. The summed E-state index contributed by atoms with van der Waals surface area (Å²) in [5, 5.41) is 8.02. The van der Waals surface area contributed by atoms with Crippen LogP contribution in [0.5, 0.6) is 5.75 Å². The number of ether oxygens (including phenoxy) is 1. The predicted octanol–water partition coefficient (Wildman–Crippen LogP) is 4.00. The third kappa shape index (κ3) is 3.85. The summed E-state index contributed by atoms with van der Waals surface area (Å²) in [5.74, 6) is 0.662. The highest BCUT2D eigenvalue weighted by molar-refractivity contribution is 7.10. The molecular formula is C18H22N2O2S. The molecule has 0 atom stereocenters. The Bertz CT molecular complexity index is 681. The fraction of sp³-hybridized carbons (Fsp3) is 0.389. The number of hydrogen-bond donors (Lipinski definition) is 2. The van der Waals surface area contributed by atoms with Gasteiger partial charge in [0.05, 0.1) is 12.8 Å². The van der Waals surface area contributed by atoms with Gasteiger partial charge in [-0.3, -0.25) is 0 Å². The van der Waals surface area contributed by atoms with Gasteiger partial charge in [0.15, 0.2) is 0 Å². The van der Waals surface area contributed by atoms with Crippen LogP contribution in [-0.2, 0) is 19.3 Å². The number of carbonyl (C=O) groups is 1. The second kappa shape index (κ2) is 7.51. The second-order valence-corrected chi connectivity index (χ2v) is 6.67. The summed E-state index contributed by atoms with van der Waals surface area (Å²) in [6.45, 7) is 0.643. The molecule has 2 amide bonds. The van der Waals surface area contributed by atoms with Gasteiger partial charge in [-0.2, -0.15) is 0 Å². The number of carbonyl (C=O) groups excluding carboxylic acids is 1. The van der Waals surface area contributed by atoms with E-state index in [0.717, 1.165) is 6.42 Å². The number of hydrogen-bond acceptors (Lipinski definition) is 3. The van der Waals surface area contributed by atoms with Gasteiger partial charge in [-0.1, -0.05) is 12.1 Å². The van der Waals surface area contributed by atoms with Crippen LogP contribution in [0.1, 0.15) is 28.8 Å². The normalized spacial score (nSPS) is 13.3. The highest BCUT2D eigenvalue weighted by Gasteiger charge is 2.15. The Hall–Kier alpha value is -2.01. The summed E-state index contributed by atoms with van der Waals surface area (Å²) in [6.07, 6.45) is 5.92. The lowest BCUT2D eigenvalue weighted by atomic mass is 9.95. The van der Waals surface area contributed by atoms with E-state index in [2.05, 4.69) is 16.0 Å². The summed E-state index contributed by atoms with van der Waals surface area (Å²) in [7, 11) is 1.60. The molecule has 0 saturated heterocycles. The minimum Gasteiger partial charge on any atom is -0.495 e. The van der Waals surface area contributed by atoms with E-state index in [9.17, 15) is 4.79 Å². The number of para-hydroxylation sites is 2. The zero-order valence-corrected chi connectivity index (χ0v) is 14.2. The summed E-state index contributed by atoms with van der Waals surface area (Å²) >= 11 is 1.87. The van der Waals surface area contributed by atoms with Gasteiger partial charge in [0.25, 0.3) is 0 Å². The summed E-state index contributed by atoms with van der Waals surface area (Å²) in [4.78, 5) is 13.6. The smallest absolute Gasteiger partial charge is 0.319 e. The van der Waals surface area contributed by atoms with Crippen molar-refractivity contribution in [3.63, 3.8) is 0 Å². The Morgan fingerprint density at radius 1 is 1.26 bits per heavy atom. The molecule has 0 bridgehead atoms. The highest BCUT2D eigenvalue weighted by Crippen LogP contribution is 2.30. The number of benzene rings is 1. The van der Waals surface area contributed by atoms with Crippen molar-refractivity contribution in [1.82, 2.24) is 5.32 Å². The minimum absolute atomic E-state index is 0.196. The van der Waals surface area contributed by atoms with Crippen LogP contribution < -0.4 is 15.4 Å². The molecule has 1 heterocycles. The van der Waals surface area contributed by atoms with Crippen molar-refractivity contribution in [3.8, 4) is 5.75 Å². The van der Waals surface area contributed by atoms with E-state index in [0.29, 0.717) is 18.0 Å². The molecule has 1 aliphatic carbocycles. The molecule has 3 rings (SSSR count). The van der Waals surface area contributed by atoms with Crippen molar-refractivity contribution >= 4 is 23.1 Å². The molecule has 1 aliphatic rings. The SMILES string of the molecule is COc1ccccc1NC(=O)NCCc1csc2c1CCCC2. The fourth-order valence-corrected chi connectivity index (χ4v) is 4.18. The number of nitrogens with one attached hydrogen (secondary N) is 2. The largest absolute Gasteiger partial charge is 0.495 e. The Morgan fingerprint density at radius 2 is 2.09 bits per heavy atom. The third-order valence-electron chi connectivity index (χ3n) is 4.18. The molecule has 0 aliphatic heterocycles. The van der Waals surface area contributed by atoms with Gasteiger partial charge in [-0.25, -0.2) is 4.79 Å². The van der Waals surface area contributed by atoms with Crippen molar-refractivity contribution in [2.75, 3.05) is 19.0 Å². The van der Waals surface area contributed by atoms with Gasteiger partial charge in [0, 0.05) is 11.4 Å². The van der Waals surface area contributed by atoms with Crippen LogP contribution in [0.2, 0.25) is 0 Å². The van der Waals surface area contributed by atoms with Gasteiger partial charge in [0.1, 0.15) is 5.75 Å². The molecule has 0 unspecified atom stereocenters. The van der Waals surface area contributed by atoms with Crippen molar-refractivity contribution < 1.29 is 9.53 Å². The Labute approximate surface area is 140 Å². The first-order valence-electron chi connectivity index (χ1n) is 8.04. The zero-order chi connectivity index (χ0) is 16.1. The molecule has 122 valence electrons. The van der Waals surface area contributed by atoms with E-state index in [1.807, 2.05) is 35.6 Å². The number of anilines is 1. The molecule has 1 aromatic heterocycles. The number of methoxy groups -OCH3 is 1. The molecule has 0 fully saturated rings. The van der Waals surface area contributed by atoms with E-state index in [4.69, 9.17) is 4.74 Å². The lowest BCUT2D eigenvalue weighted by Crippen LogP contribution is -2.30. The van der Waals surface area contributed by atoms with Gasteiger partial charge in [0.2, 0.25) is 0 Å². The first-order chi connectivity index (χ1) is 11.3. The lowest BCUT2D eigenvalue weighted by molar-refractivity contribution is 0.252. The van der Waals surface area contributed by atoms with Crippen LogP contribution in [-0.4, -0.2) is 19.7 Å². The lowest BCUT2D eigenvalue weighted by Gasteiger charge is -2.13. The third-order valence-corrected chi connectivity index (χ3v) is 5.32. The van der Waals surface area contributed by atoms with Crippen LogP contribution >= 0.6 is 11.3 Å². The average Bonchev–Trinajstić information content (AvgIpc) is 2.99. The van der Waals surface area contributed by atoms with Crippen LogP contribution in [0.25, 0.3) is 0 Å². The Morgan fingerprint density at radius 3 is 2.96 bits per heavy atom. The van der Waals surface area contributed by atoms with E-state index in [1.165, 1.54) is 36.8 Å².